The van der Waals surface area contributed by atoms with Crippen LogP contribution in [0.4, 0.5) is 0 Å². The molecule has 0 aliphatic heterocycles. The highest BCUT2D eigenvalue weighted by Crippen LogP contribution is 2.53. The third-order valence-corrected chi connectivity index (χ3v) is 3.65. The predicted molar refractivity (Wildman–Crippen MR) is 70.8 cm³/mol. The molecular weight excluding hydrogens is 240 g/mol. The number of aliphatic hydroxyl groups excluding tert-OH is 1. The third kappa shape index (κ3) is 2.44. The SMILES string of the molecule is COc1ccc(C(O)C2CC2c2ccccc2)nn1. The van der Waals surface area contributed by atoms with Gasteiger partial charge in [-0.15, -0.1) is 10.2 Å². The van der Waals surface area contributed by atoms with Gasteiger partial charge >= 0.3 is 0 Å². The summed E-state index contributed by atoms with van der Waals surface area (Å²) < 4.78 is 4.96. The molecule has 0 amide bonds. The summed E-state index contributed by atoms with van der Waals surface area (Å²) in [4.78, 5) is 0. The van der Waals surface area contributed by atoms with Gasteiger partial charge in [0, 0.05) is 6.07 Å². The fraction of sp³-hybridized carbons (Fsp3) is 0.333. The largest absolute Gasteiger partial charge is 0.480 e. The molecule has 1 aromatic heterocycles. The van der Waals surface area contributed by atoms with E-state index in [1.165, 1.54) is 5.56 Å². The first kappa shape index (κ1) is 12.1. The van der Waals surface area contributed by atoms with Crippen LogP contribution in [0.15, 0.2) is 42.5 Å². The number of ether oxygens (including phenoxy) is 1. The van der Waals surface area contributed by atoms with Crippen molar-refractivity contribution in [1.82, 2.24) is 10.2 Å². The summed E-state index contributed by atoms with van der Waals surface area (Å²) in [7, 11) is 1.55. The number of hydrogen-bond donors (Lipinski definition) is 1. The molecule has 1 aliphatic carbocycles. The molecule has 3 unspecified atom stereocenters. The van der Waals surface area contributed by atoms with Crippen LogP contribution in [0.25, 0.3) is 0 Å². The topological polar surface area (TPSA) is 55.2 Å². The zero-order valence-corrected chi connectivity index (χ0v) is 10.7. The van der Waals surface area contributed by atoms with Gasteiger partial charge in [-0.25, -0.2) is 0 Å². The molecule has 3 rings (SSSR count). The summed E-state index contributed by atoms with van der Waals surface area (Å²) in [6, 6.07) is 13.8. The van der Waals surface area contributed by atoms with E-state index in [1.807, 2.05) is 18.2 Å². The van der Waals surface area contributed by atoms with Crippen molar-refractivity contribution in [1.29, 1.82) is 0 Å². The maximum absolute atomic E-state index is 10.3. The van der Waals surface area contributed by atoms with Crippen LogP contribution in [0.2, 0.25) is 0 Å². The Bertz CT molecular complexity index is 542. The van der Waals surface area contributed by atoms with E-state index in [2.05, 4.69) is 22.3 Å². The Kier molecular flexibility index (Phi) is 3.17. The summed E-state index contributed by atoms with van der Waals surface area (Å²) in [5, 5.41) is 18.2. The number of aromatic nitrogens is 2. The molecule has 1 N–H and O–H groups in total. The molecule has 2 aromatic rings. The molecule has 1 saturated carbocycles. The fourth-order valence-electron chi connectivity index (χ4n) is 2.46. The molecule has 4 heteroatoms. The first-order chi connectivity index (χ1) is 9.29. The molecule has 1 heterocycles. The summed E-state index contributed by atoms with van der Waals surface area (Å²) in [6.45, 7) is 0. The molecule has 0 bridgehead atoms. The second kappa shape index (κ2) is 4.97. The first-order valence-corrected chi connectivity index (χ1v) is 6.40. The number of rotatable bonds is 4. The van der Waals surface area contributed by atoms with Crippen molar-refractivity contribution in [2.75, 3.05) is 7.11 Å². The van der Waals surface area contributed by atoms with Gasteiger partial charge in [0.1, 0.15) is 6.10 Å². The number of hydrogen-bond acceptors (Lipinski definition) is 4. The lowest BCUT2D eigenvalue weighted by atomic mass is 10.1. The molecule has 98 valence electrons. The van der Waals surface area contributed by atoms with Crippen molar-refractivity contribution in [3.05, 3.63) is 53.7 Å². The highest BCUT2D eigenvalue weighted by Gasteiger charge is 2.44. The second-order valence-corrected chi connectivity index (χ2v) is 4.86. The maximum Gasteiger partial charge on any atom is 0.233 e. The van der Waals surface area contributed by atoms with Gasteiger partial charge in [0.15, 0.2) is 0 Å². The van der Waals surface area contributed by atoms with Crippen molar-refractivity contribution in [3.8, 4) is 5.88 Å². The summed E-state index contributed by atoms with van der Waals surface area (Å²) in [5.74, 6) is 1.14. The van der Waals surface area contributed by atoms with Gasteiger partial charge in [0.25, 0.3) is 0 Å². The highest BCUT2D eigenvalue weighted by molar-refractivity contribution is 5.28. The Morgan fingerprint density at radius 1 is 1.16 bits per heavy atom. The molecule has 1 fully saturated rings. The van der Waals surface area contributed by atoms with Crippen molar-refractivity contribution in [3.63, 3.8) is 0 Å². The smallest absolute Gasteiger partial charge is 0.233 e. The first-order valence-electron chi connectivity index (χ1n) is 6.40. The Labute approximate surface area is 112 Å². The van der Waals surface area contributed by atoms with Crippen LogP contribution >= 0.6 is 0 Å². The van der Waals surface area contributed by atoms with Crippen LogP contribution in [0.5, 0.6) is 5.88 Å². The van der Waals surface area contributed by atoms with Gasteiger partial charge in [0.05, 0.1) is 12.8 Å². The molecule has 0 spiro atoms. The van der Waals surface area contributed by atoms with Crippen molar-refractivity contribution >= 4 is 0 Å². The fourth-order valence-corrected chi connectivity index (χ4v) is 2.46. The van der Waals surface area contributed by atoms with E-state index in [1.54, 1.807) is 19.2 Å². The normalized spacial score (nSPS) is 22.8. The van der Waals surface area contributed by atoms with Crippen molar-refractivity contribution < 1.29 is 9.84 Å². The van der Waals surface area contributed by atoms with Gasteiger partial charge in [0.2, 0.25) is 5.88 Å². The molecule has 19 heavy (non-hydrogen) atoms. The molecule has 3 atom stereocenters. The number of benzene rings is 1. The Morgan fingerprint density at radius 3 is 2.58 bits per heavy atom. The van der Waals surface area contributed by atoms with Crippen LogP contribution in [0.3, 0.4) is 0 Å². The number of aliphatic hydroxyl groups is 1. The molecule has 4 nitrogen and oxygen atoms in total. The minimum atomic E-state index is -0.552. The zero-order valence-electron chi connectivity index (χ0n) is 10.7. The predicted octanol–water partition coefficient (Wildman–Crippen LogP) is 2.32. The van der Waals surface area contributed by atoms with Gasteiger partial charge in [-0.2, -0.15) is 0 Å². The van der Waals surface area contributed by atoms with E-state index in [-0.39, 0.29) is 5.92 Å². The van der Waals surface area contributed by atoms with Gasteiger partial charge in [-0.1, -0.05) is 30.3 Å². The average Bonchev–Trinajstić information content (AvgIpc) is 3.28. The minimum absolute atomic E-state index is 0.241. The molecule has 1 aliphatic rings. The average molecular weight is 256 g/mol. The van der Waals surface area contributed by atoms with Gasteiger partial charge in [-0.3, -0.25) is 0 Å². The molecular formula is C15H16N2O2. The van der Waals surface area contributed by atoms with E-state index in [0.717, 1.165) is 6.42 Å². The summed E-state index contributed by atoms with van der Waals surface area (Å²) >= 11 is 0. The highest BCUT2D eigenvalue weighted by atomic mass is 16.5. The van der Waals surface area contributed by atoms with E-state index in [0.29, 0.717) is 17.5 Å². The van der Waals surface area contributed by atoms with E-state index in [4.69, 9.17) is 4.74 Å². The maximum atomic E-state index is 10.3. The van der Waals surface area contributed by atoms with Crippen LogP contribution in [0, 0.1) is 5.92 Å². The Balaban J connectivity index is 1.70. The summed E-state index contributed by atoms with van der Waals surface area (Å²) in [6.07, 6.45) is 0.447. The van der Waals surface area contributed by atoms with Crippen LogP contribution in [-0.4, -0.2) is 22.4 Å². The second-order valence-electron chi connectivity index (χ2n) is 4.86. The molecule has 0 saturated heterocycles. The quantitative estimate of drug-likeness (QED) is 0.912. The summed E-state index contributed by atoms with van der Waals surface area (Å²) in [5.41, 5.74) is 1.90. The lowest BCUT2D eigenvalue weighted by Crippen LogP contribution is -2.05. The van der Waals surface area contributed by atoms with Crippen LogP contribution in [-0.2, 0) is 0 Å². The van der Waals surface area contributed by atoms with Crippen LogP contribution in [0.1, 0.15) is 29.7 Å². The van der Waals surface area contributed by atoms with Crippen LogP contribution < -0.4 is 4.74 Å². The minimum Gasteiger partial charge on any atom is -0.480 e. The van der Waals surface area contributed by atoms with E-state index >= 15 is 0 Å². The zero-order chi connectivity index (χ0) is 13.2. The standard InChI is InChI=1S/C15H16N2O2/c1-19-14-8-7-13(16-17-14)15(18)12-9-11(12)10-5-3-2-4-6-10/h2-8,11-12,15,18H,9H2,1H3. The van der Waals surface area contributed by atoms with Gasteiger partial charge in [-0.05, 0) is 29.9 Å². The molecule has 0 radical (unpaired) electrons. The molecule has 1 aromatic carbocycles. The monoisotopic (exact) mass is 256 g/mol. The number of nitrogens with zero attached hydrogens (tertiary/aromatic N) is 2. The Hall–Kier alpha value is -1.94. The lowest BCUT2D eigenvalue weighted by molar-refractivity contribution is 0.145. The lowest BCUT2D eigenvalue weighted by Gasteiger charge is -2.09. The Morgan fingerprint density at radius 2 is 1.95 bits per heavy atom. The van der Waals surface area contributed by atoms with E-state index < -0.39 is 6.10 Å². The third-order valence-electron chi connectivity index (χ3n) is 3.65. The van der Waals surface area contributed by atoms with Gasteiger partial charge < -0.3 is 9.84 Å². The van der Waals surface area contributed by atoms with Crippen molar-refractivity contribution in [2.24, 2.45) is 5.92 Å². The van der Waals surface area contributed by atoms with E-state index in [9.17, 15) is 5.11 Å². The number of methoxy groups -OCH3 is 1. The van der Waals surface area contributed by atoms with Crippen molar-refractivity contribution in [2.45, 2.75) is 18.4 Å².